The van der Waals surface area contributed by atoms with E-state index in [-0.39, 0.29) is 5.54 Å². The van der Waals surface area contributed by atoms with Crippen molar-refractivity contribution in [1.82, 2.24) is 5.32 Å². The van der Waals surface area contributed by atoms with Crippen LogP contribution in [0.4, 0.5) is 0 Å². The van der Waals surface area contributed by atoms with E-state index in [1.807, 2.05) is 12.1 Å². The molecule has 4 rings (SSSR count). The lowest BCUT2D eigenvalue weighted by atomic mass is 9.80. The number of halogens is 1. The Kier molecular flexibility index (Phi) is 2.56. The van der Waals surface area contributed by atoms with E-state index in [1.54, 1.807) is 0 Å². The molecule has 0 bridgehead atoms. The first-order valence-corrected chi connectivity index (χ1v) is 7.74. The van der Waals surface area contributed by atoms with Gasteiger partial charge in [-0.2, -0.15) is 0 Å². The van der Waals surface area contributed by atoms with Crippen LogP contribution in [-0.2, 0) is 0 Å². The molecule has 0 aromatic heterocycles. The van der Waals surface area contributed by atoms with Crippen molar-refractivity contribution in [1.29, 1.82) is 0 Å². The van der Waals surface area contributed by atoms with Crippen LogP contribution in [-0.4, -0.2) is 5.54 Å². The molecule has 0 saturated heterocycles. The van der Waals surface area contributed by atoms with Gasteiger partial charge in [0.1, 0.15) is 0 Å². The quantitative estimate of drug-likeness (QED) is 0.667. The maximum Gasteiger partial charge on any atom is 0.0500 e. The van der Waals surface area contributed by atoms with Crippen LogP contribution in [0.15, 0.2) is 53.3 Å². The summed E-state index contributed by atoms with van der Waals surface area (Å²) in [5.41, 5.74) is 7.88. The summed E-state index contributed by atoms with van der Waals surface area (Å²) in [6.45, 7) is 6.65. The van der Waals surface area contributed by atoms with Crippen LogP contribution >= 0.6 is 11.6 Å². The molecule has 3 aliphatic rings. The molecule has 0 fully saturated rings. The van der Waals surface area contributed by atoms with E-state index in [4.69, 9.17) is 11.6 Å². The van der Waals surface area contributed by atoms with Crippen molar-refractivity contribution in [2.75, 3.05) is 0 Å². The third-order valence-corrected chi connectivity index (χ3v) is 4.69. The van der Waals surface area contributed by atoms with Gasteiger partial charge in [0.05, 0.1) is 0 Å². The zero-order valence-corrected chi connectivity index (χ0v) is 13.3. The van der Waals surface area contributed by atoms with Crippen LogP contribution in [0, 0.1) is 5.92 Å². The molecule has 1 atom stereocenters. The molecule has 1 N–H and O–H groups in total. The van der Waals surface area contributed by atoms with Gasteiger partial charge in [-0.05, 0) is 67.3 Å². The number of hydrogen-bond donors (Lipinski definition) is 1. The number of hydrogen-bond acceptors (Lipinski definition) is 1. The minimum absolute atomic E-state index is 0.0209. The fourth-order valence-corrected chi connectivity index (χ4v) is 3.86. The molecule has 21 heavy (non-hydrogen) atoms. The molecule has 106 valence electrons. The van der Waals surface area contributed by atoms with Gasteiger partial charge in [-0.15, -0.1) is 0 Å². The molecule has 0 saturated carbocycles. The van der Waals surface area contributed by atoms with E-state index in [1.165, 1.54) is 33.5 Å². The predicted molar refractivity (Wildman–Crippen MR) is 90.0 cm³/mol. The molecule has 2 aliphatic carbocycles. The highest BCUT2D eigenvalue weighted by Gasteiger charge is 2.32. The molecule has 2 heteroatoms. The second-order valence-corrected chi connectivity index (χ2v) is 7.16. The van der Waals surface area contributed by atoms with E-state index in [2.05, 4.69) is 56.5 Å². The Morgan fingerprint density at radius 2 is 2.00 bits per heavy atom. The van der Waals surface area contributed by atoms with Gasteiger partial charge in [0.2, 0.25) is 0 Å². The SMILES string of the molecule is CC1=CC(C)(C)NC2=CC3=Cc4cc(Cl)ccc4C3=CC12. The highest BCUT2D eigenvalue weighted by molar-refractivity contribution is 6.30. The monoisotopic (exact) mass is 295 g/mol. The molecule has 1 unspecified atom stereocenters. The Hall–Kier alpha value is -1.73. The van der Waals surface area contributed by atoms with Crippen molar-refractivity contribution < 1.29 is 0 Å². The van der Waals surface area contributed by atoms with Crippen LogP contribution < -0.4 is 5.32 Å². The minimum atomic E-state index is 0.0209. The predicted octanol–water partition coefficient (Wildman–Crippen LogP) is 4.96. The van der Waals surface area contributed by atoms with Gasteiger partial charge in [-0.3, -0.25) is 0 Å². The summed E-state index contributed by atoms with van der Waals surface area (Å²) in [5.74, 6) is 0.367. The highest BCUT2D eigenvalue weighted by atomic mass is 35.5. The Labute approximate surface area is 130 Å². The third-order valence-electron chi connectivity index (χ3n) is 4.45. The summed E-state index contributed by atoms with van der Waals surface area (Å²) in [6.07, 6.45) is 9.25. The molecule has 0 radical (unpaired) electrons. The van der Waals surface area contributed by atoms with E-state index < -0.39 is 0 Å². The third kappa shape index (κ3) is 1.99. The lowest BCUT2D eigenvalue weighted by Gasteiger charge is -2.38. The number of fused-ring (bicyclic) bond motifs is 4. The van der Waals surface area contributed by atoms with Gasteiger partial charge in [0.25, 0.3) is 0 Å². The average molecular weight is 296 g/mol. The summed E-state index contributed by atoms with van der Waals surface area (Å²) < 4.78 is 0. The molecule has 0 spiro atoms. The minimum Gasteiger partial charge on any atom is -0.379 e. The zero-order valence-electron chi connectivity index (χ0n) is 12.5. The molecule has 1 aliphatic heterocycles. The van der Waals surface area contributed by atoms with Crippen molar-refractivity contribution in [3.05, 3.63) is 69.4 Å². The fraction of sp³-hybridized carbons (Fsp3) is 0.263. The second-order valence-electron chi connectivity index (χ2n) is 6.72. The first-order chi connectivity index (χ1) is 9.93. The lowest BCUT2D eigenvalue weighted by molar-refractivity contribution is 0.477. The summed E-state index contributed by atoms with van der Waals surface area (Å²) in [6, 6.07) is 6.15. The molecular formula is C19H18ClN. The Morgan fingerprint density at radius 1 is 1.19 bits per heavy atom. The van der Waals surface area contributed by atoms with Gasteiger partial charge in [0.15, 0.2) is 0 Å². The van der Waals surface area contributed by atoms with Crippen LogP contribution in [0.25, 0.3) is 11.6 Å². The molecule has 1 nitrogen and oxygen atoms in total. The topological polar surface area (TPSA) is 12.0 Å². The second kappa shape index (κ2) is 4.14. The zero-order chi connectivity index (χ0) is 14.8. The summed E-state index contributed by atoms with van der Waals surface area (Å²) in [4.78, 5) is 0. The lowest BCUT2D eigenvalue weighted by Crippen LogP contribution is -2.43. The van der Waals surface area contributed by atoms with E-state index in [0.29, 0.717) is 5.92 Å². The van der Waals surface area contributed by atoms with Crippen LogP contribution in [0.3, 0.4) is 0 Å². The Morgan fingerprint density at radius 3 is 2.81 bits per heavy atom. The highest BCUT2D eigenvalue weighted by Crippen LogP contribution is 2.44. The van der Waals surface area contributed by atoms with Gasteiger partial charge in [-0.25, -0.2) is 0 Å². The van der Waals surface area contributed by atoms with Crippen LogP contribution in [0.1, 0.15) is 31.9 Å². The summed E-state index contributed by atoms with van der Waals surface area (Å²) in [7, 11) is 0. The summed E-state index contributed by atoms with van der Waals surface area (Å²) >= 11 is 6.12. The van der Waals surface area contributed by atoms with Crippen LogP contribution in [0.2, 0.25) is 5.02 Å². The number of benzene rings is 1. The Bertz CT molecular complexity index is 775. The normalized spacial score (nSPS) is 24.7. The van der Waals surface area contributed by atoms with Gasteiger partial charge >= 0.3 is 0 Å². The van der Waals surface area contributed by atoms with Crippen molar-refractivity contribution in [2.24, 2.45) is 5.92 Å². The molecule has 1 aromatic carbocycles. The van der Waals surface area contributed by atoms with E-state index >= 15 is 0 Å². The standard InChI is InChI=1S/C19H18ClN/c1-11-10-19(2,3)21-18-8-13-6-12-7-14(20)4-5-15(12)17(13)9-16(11)18/h4-10,16,21H,1-3H3. The number of rotatable bonds is 0. The number of allylic oxidation sites excluding steroid dienone is 4. The fourth-order valence-electron chi connectivity index (χ4n) is 3.68. The summed E-state index contributed by atoms with van der Waals surface area (Å²) in [5, 5.41) is 4.45. The van der Waals surface area contributed by atoms with Gasteiger partial charge in [-0.1, -0.05) is 35.4 Å². The maximum absolute atomic E-state index is 6.12. The maximum atomic E-state index is 6.12. The molecule has 0 amide bonds. The first kappa shape index (κ1) is 13.0. The van der Waals surface area contributed by atoms with Gasteiger partial charge < -0.3 is 5.32 Å². The van der Waals surface area contributed by atoms with Crippen molar-refractivity contribution in [2.45, 2.75) is 26.3 Å². The van der Waals surface area contributed by atoms with E-state index in [9.17, 15) is 0 Å². The van der Waals surface area contributed by atoms with E-state index in [0.717, 1.165) is 5.02 Å². The smallest absolute Gasteiger partial charge is 0.0500 e. The first-order valence-electron chi connectivity index (χ1n) is 7.36. The number of nitrogens with one attached hydrogen (secondary N) is 1. The average Bonchev–Trinajstić information content (AvgIpc) is 2.71. The largest absolute Gasteiger partial charge is 0.379 e. The van der Waals surface area contributed by atoms with Crippen molar-refractivity contribution in [3.8, 4) is 0 Å². The molecule has 1 aromatic rings. The van der Waals surface area contributed by atoms with Gasteiger partial charge in [0, 0.05) is 22.2 Å². The Balaban J connectivity index is 1.86. The van der Waals surface area contributed by atoms with Crippen molar-refractivity contribution >= 4 is 23.3 Å². The molecular weight excluding hydrogens is 278 g/mol. The van der Waals surface area contributed by atoms with Crippen LogP contribution in [0.5, 0.6) is 0 Å². The van der Waals surface area contributed by atoms with Crippen molar-refractivity contribution in [3.63, 3.8) is 0 Å². The molecule has 1 heterocycles.